The summed E-state index contributed by atoms with van der Waals surface area (Å²) in [5.41, 5.74) is 8.72. The molecule has 0 spiro atoms. The molecule has 0 aliphatic carbocycles. The van der Waals surface area contributed by atoms with Gasteiger partial charge >= 0.3 is 11.9 Å². The Morgan fingerprint density at radius 3 is 2.56 bits per heavy atom. The summed E-state index contributed by atoms with van der Waals surface area (Å²) in [7, 11) is 1.29. The quantitative estimate of drug-likeness (QED) is 0.742. The fourth-order valence-corrected chi connectivity index (χ4v) is 3.25. The van der Waals surface area contributed by atoms with Gasteiger partial charge in [0.15, 0.2) is 0 Å². The van der Waals surface area contributed by atoms with Crippen LogP contribution in [-0.2, 0) is 19.1 Å². The minimum absolute atomic E-state index is 0.0638. The SMILES string of the molecule is COC(=O)C1=C(C)NC(C)=C(C(=O)OCCN)C1c1cccc2nonc12. The van der Waals surface area contributed by atoms with Crippen LogP contribution in [0.25, 0.3) is 11.0 Å². The number of nitrogens with two attached hydrogens (primary N) is 1. The number of hydrogen-bond acceptors (Lipinski definition) is 9. The summed E-state index contributed by atoms with van der Waals surface area (Å²) >= 11 is 0. The summed E-state index contributed by atoms with van der Waals surface area (Å²) in [6.07, 6.45) is 0. The first-order valence-electron chi connectivity index (χ1n) is 8.34. The topological polar surface area (TPSA) is 130 Å². The number of esters is 2. The summed E-state index contributed by atoms with van der Waals surface area (Å²) in [6.45, 7) is 3.74. The molecule has 1 aromatic heterocycles. The van der Waals surface area contributed by atoms with Gasteiger partial charge in [-0.15, -0.1) is 0 Å². The van der Waals surface area contributed by atoms with Crippen molar-refractivity contribution in [2.24, 2.45) is 5.73 Å². The van der Waals surface area contributed by atoms with Gasteiger partial charge in [-0.2, -0.15) is 0 Å². The zero-order valence-corrected chi connectivity index (χ0v) is 15.2. The molecule has 1 atom stereocenters. The molecular weight excluding hydrogens is 352 g/mol. The molecule has 0 radical (unpaired) electrons. The van der Waals surface area contributed by atoms with E-state index in [1.807, 2.05) is 0 Å². The van der Waals surface area contributed by atoms with Gasteiger partial charge in [-0.1, -0.05) is 12.1 Å². The molecule has 1 aliphatic heterocycles. The highest BCUT2D eigenvalue weighted by atomic mass is 16.6. The lowest BCUT2D eigenvalue weighted by atomic mass is 9.80. The van der Waals surface area contributed by atoms with Gasteiger partial charge in [-0.3, -0.25) is 0 Å². The smallest absolute Gasteiger partial charge is 0.336 e. The lowest BCUT2D eigenvalue weighted by Gasteiger charge is -2.30. The van der Waals surface area contributed by atoms with Gasteiger partial charge in [0.2, 0.25) is 0 Å². The molecule has 9 nitrogen and oxygen atoms in total. The first-order valence-corrected chi connectivity index (χ1v) is 8.34. The maximum absolute atomic E-state index is 12.8. The Bertz CT molecular complexity index is 960. The van der Waals surface area contributed by atoms with Gasteiger partial charge < -0.3 is 20.5 Å². The number of allylic oxidation sites excluding steroid dienone is 2. The second-order valence-electron chi connectivity index (χ2n) is 6.03. The van der Waals surface area contributed by atoms with Crippen LogP contribution in [0.4, 0.5) is 0 Å². The molecule has 1 aliphatic rings. The maximum Gasteiger partial charge on any atom is 0.336 e. The molecule has 27 heavy (non-hydrogen) atoms. The second kappa shape index (κ2) is 7.58. The van der Waals surface area contributed by atoms with Crippen LogP contribution in [0.1, 0.15) is 25.3 Å². The highest BCUT2D eigenvalue weighted by Gasteiger charge is 2.39. The van der Waals surface area contributed by atoms with Crippen LogP contribution in [0.5, 0.6) is 0 Å². The highest BCUT2D eigenvalue weighted by molar-refractivity contribution is 6.01. The number of carbonyl (C=O) groups excluding carboxylic acids is 2. The molecule has 3 rings (SSSR count). The Labute approximate surface area is 155 Å². The number of hydrogen-bond donors (Lipinski definition) is 2. The van der Waals surface area contributed by atoms with Gasteiger partial charge in [-0.05, 0) is 35.8 Å². The van der Waals surface area contributed by atoms with Crippen LogP contribution < -0.4 is 11.1 Å². The number of rotatable bonds is 5. The van der Waals surface area contributed by atoms with Gasteiger partial charge in [0, 0.05) is 17.9 Å². The van der Waals surface area contributed by atoms with Crippen LogP contribution in [0.3, 0.4) is 0 Å². The highest BCUT2D eigenvalue weighted by Crippen LogP contribution is 2.41. The van der Waals surface area contributed by atoms with E-state index in [9.17, 15) is 9.59 Å². The summed E-state index contributed by atoms with van der Waals surface area (Å²) in [4.78, 5) is 25.3. The molecule has 0 bridgehead atoms. The van der Waals surface area contributed by atoms with Gasteiger partial charge in [-0.25, -0.2) is 14.2 Å². The van der Waals surface area contributed by atoms with Crippen molar-refractivity contribution in [1.82, 2.24) is 15.6 Å². The lowest BCUT2D eigenvalue weighted by molar-refractivity contribution is -0.139. The first-order chi connectivity index (χ1) is 13.0. The van der Waals surface area contributed by atoms with Gasteiger partial charge in [0.1, 0.15) is 17.6 Å². The maximum atomic E-state index is 12.8. The zero-order chi connectivity index (χ0) is 19.6. The third-order valence-electron chi connectivity index (χ3n) is 4.36. The summed E-state index contributed by atoms with van der Waals surface area (Å²) < 4.78 is 15.0. The lowest BCUT2D eigenvalue weighted by Crippen LogP contribution is -2.32. The Kier molecular flexibility index (Phi) is 5.22. The van der Waals surface area contributed by atoms with E-state index in [4.69, 9.17) is 19.8 Å². The van der Waals surface area contributed by atoms with Crippen LogP contribution >= 0.6 is 0 Å². The normalized spacial score (nSPS) is 17.1. The van der Waals surface area contributed by atoms with E-state index in [1.54, 1.807) is 32.0 Å². The van der Waals surface area contributed by atoms with Crippen molar-refractivity contribution in [3.8, 4) is 0 Å². The molecule has 1 aromatic carbocycles. The third-order valence-corrected chi connectivity index (χ3v) is 4.36. The average molecular weight is 372 g/mol. The third kappa shape index (κ3) is 3.28. The van der Waals surface area contributed by atoms with Crippen molar-refractivity contribution >= 4 is 23.0 Å². The molecule has 0 fully saturated rings. The molecule has 142 valence electrons. The fraction of sp³-hybridized carbons (Fsp3) is 0.333. The van der Waals surface area contributed by atoms with Crippen molar-refractivity contribution in [2.45, 2.75) is 19.8 Å². The number of fused-ring (bicyclic) bond motifs is 1. The number of nitrogens with one attached hydrogen (secondary N) is 1. The van der Waals surface area contributed by atoms with Crippen LogP contribution in [-0.4, -0.2) is 42.5 Å². The van der Waals surface area contributed by atoms with Crippen molar-refractivity contribution in [3.63, 3.8) is 0 Å². The fourth-order valence-electron chi connectivity index (χ4n) is 3.25. The molecule has 2 heterocycles. The van der Waals surface area contributed by atoms with Crippen LogP contribution in [0.15, 0.2) is 45.4 Å². The number of aromatic nitrogens is 2. The van der Waals surface area contributed by atoms with E-state index < -0.39 is 17.9 Å². The van der Waals surface area contributed by atoms with E-state index in [2.05, 4.69) is 15.6 Å². The van der Waals surface area contributed by atoms with Crippen LogP contribution in [0.2, 0.25) is 0 Å². The summed E-state index contributed by atoms with van der Waals surface area (Å²) in [5.74, 6) is -1.88. The van der Waals surface area contributed by atoms with Gasteiger partial charge in [0.25, 0.3) is 0 Å². The number of methoxy groups -OCH3 is 1. The van der Waals surface area contributed by atoms with Crippen LogP contribution in [0, 0.1) is 0 Å². The zero-order valence-electron chi connectivity index (χ0n) is 15.2. The Balaban J connectivity index is 2.22. The van der Waals surface area contributed by atoms with E-state index in [0.29, 0.717) is 33.6 Å². The number of dihydropyridines is 1. The average Bonchev–Trinajstić information content (AvgIpc) is 3.13. The van der Waals surface area contributed by atoms with Crippen molar-refractivity contribution in [1.29, 1.82) is 0 Å². The monoisotopic (exact) mass is 372 g/mol. The first kappa shape index (κ1) is 18.6. The standard InChI is InChI=1S/C18H20N4O5/c1-9-13(17(23)25-3)15(11-5-4-6-12-16(11)22-27-21-12)14(10(2)20-9)18(24)26-8-7-19/h4-6,15,20H,7-8,19H2,1-3H3. The van der Waals surface area contributed by atoms with E-state index in [-0.39, 0.29) is 18.7 Å². The molecule has 1 unspecified atom stereocenters. The Morgan fingerprint density at radius 1 is 1.19 bits per heavy atom. The predicted octanol–water partition coefficient (Wildman–Crippen LogP) is 1.13. The minimum atomic E-state index is -0.750. The Morgan fingerprint density at radius 2 is 1.89 bits per heavy atom. The van der Waals surface area contributed by atoms with E-state index in [1.165, 1.54) is 7.11 Å². The van der Waals surface area contributed by atoms with Crippen molar-refractivity contribution in [3.05, 3.63) is 46.3 Å². The largest absolute Gasteiger partial charge is 0.466 e. The molecular formula is C18H20N4O5. The number of benzene rings is 1. The molecule has 3 N–H and O–H groups in total. The minimum Gasteiger partial charge on any atom is -0.466 e. The summed E-state index contributed by atoms with van der Waals surface area (Å²) in [5, 5.41) is 10.8. The number of nitrogens with zero attached hydrogens (tertiary/aromatic N) is 2. The van der Waals surface area contributed by atoms with Gasteiger partial charge in [0.05, 0.1) is 24.2 Å². The Hall–Kier alpha value is -3.20. The van der Waals surface area contributed by atoms with E-state index >= 15 is 0 Å². The van der Waals surface area contributed by atoms with Crippen molar-refractivity contribution < 1.29 is 23.7 Å². The molecule has 0 amide bonds. The number of carbonyl (C=O) groups is 2. The second-order valence-corrected chi connectivity index (χ2v) is 6.03. The van der Waals surface area contributed by atoms with Crippen molar-refractivity contribution in [2.75, 3.05) is 20.3 Å². The summed E-state index contributed by atoms with van der Waals surface area (Å²) in [6, 6.07) is 5.25. The molecule has 9 heteroatoms. The molecule has 2 aromatic rings. The molecule has 0 saturated heterocycles. The van der Waals surface area contributed by atoms with E-state index in [0.717, 1.165) is 0 Å². The number of ether oxygens (including phenoxy) is 2. The predicted molar refractivity (Wildman–Crippen MR) is 95.1 cm³/mol. The molecule has 0 saturated carbocycles.